The van der Waals surface area contributed by atoms with E-state index in [0.717, 1.165) is 0 Å². The van der Waals surface area contributed by atoms with E-state index in [4.69, 9.17) is 5.84 Å². The van der Waals surface area contributed by atoms with E-state index in [1.807, 2.05) is 10.8 Å². The molecule has 19 heavy (non-hydrogen) atoms. The van der Waals surface area contributed by atoms with Gasteiger partial charge in [-0.3, -0.25) is 4.79 Å². The van der Waals surface area contributed by atoms with E-state index in [1.165, 1.54) is 0 Å². The molecule has 0 aliphatic rings. The number of halogens is 1. The van der Waals surface area contributed by atoms with E-state index < -0.39 is 0 Å². The first-order valence-corrected chi connectivity index (χ1v) is 6.36. The molecule has 0 aliphatic carbocycles. The van der Waals surface area contributed by atoms with Crippen molar-refractivity contribution in [2.24, 2.45) is 5.84 Å². The summed E-state index contributed by atoms with van der Waals surface area (Å²) >= 11 is 3.27. The van der Waals surface area contributed by atoms with Gasteiger partial charge < -0.3 is 15.3 Å². The van der Waals surface area contributed by atoms with Crippen LogP contribution in [-0.2, 0) is 6.54 Å². The van der Waals surface area contributed by atoms with Crippen molar-refractivity contribution >= 4 is 27.7 Å². The number of hydrogen-bond acceptors (Lipinski definition) is 5. The molecule has 7 nitrogen and oxygen atoms in total. The molecule has 0 spiro atoms. The van der Waals surface area contributed by atoms with Crippen LogP contribution in [0.15, 0.2) is 35.5 Å². The zero-order valence-corrected chi connectivity index (χ0v) is 11.6. The van der Waals surface area contributed by atoms with Crippen molar-refractivity contribution in [3.8, 4) is 0 Å². The van der Waals surface area contributed by atoms with E-state index >= 15 is 0 Å². The van der Waals surface area contributed by atoms with Crippen LogP contribution >= 0.6 is 15.9 Å². The summed E-state index contributed by atoms with van der Waals surface area (Å²) in [7, 11) is 0. The molecule has 0 atom stereocenters. The summed E-state index contributed by atoms with van der Waals surface area (Å²) in [6.45, 7) is 1.14. The fraction of sp³-hybridized carbons (Fsp3) is 0.182. The van der Waals surface area contributed by atoms with Crippen LogP contribution in [-0.4, -0.2) is 27.0 Å². The molecule has 0 fully saturated rings. The molecule has 2 rings (SSSR count). The molecule has 2 aromatic heterocycles. The van der Waals surface area contributed by atoms with Gasteiger partial charge in [0.15, 0.2) is 5.82 Å². The highest BCUT2D eigenvalue weighted by Gasteiger charge is 2.12. The standard InChI is InChI=1S/C11H13BrN6O/c12-8-5-9(10(17-13)16-6-8)11(19)15-2-4-18-3-1-14-7-18/h1,3,5-7H,2,4,13H2,(H,15,19)(H,16,17). The Hall–Kier alpha value is -1.93. The summed E-state index contributed by atoms with van der Waals surface area (Å²) in [5.74, 6) is 5.43. The van der Waals surface area contributed by atoms with Gasteiger partial charge in [0.2, 0.25) is 0 Å². The van der Waals surface area contributed by atoms with Crippen LogP contribution in [0.25, 0.3) is 0 Å². The molecule has 1 amide bonds. The molecule has 4 N–H and O–H groups in total. The fourth-order valence-corrected chi connectivity index (χ4v) is 1.87. The van der Waals surface area contributed by atoms with Gasteiger partial charge in [-0.15, -0.1) is 0 Å². The number of aromatic nitrogens is 3. The minimum absolute atomic E-state index is 0.234. The number of amides is 1. The molecular formula is C11H13BrN6O. The van der Waals surface area contributed by atoms with Crippen molar-refractivity contribution in [1.29, 1.82) is 0 Å². The first kappa shape index (κ1) is 13.5. The van der Waals surface area contributed by atoms with Crippen LogP contribution < -0.4 is 16.6 Å². The zero-order valence-electron chi connectivity index (χ0n) is 10.0. The normalized spacial score (nSPS) is 10.2. The topological polar surface area (TPSA) is 97.9 Å². The largest absolute Gasteiger partial charge is 0.350 e. The van der Waals surface area contributed by atoms with Crippen molar-refractivity contribution in [2.45, 2.75) is 6.54 Å². The molecule has 0 saturated carbocycles. The van der Waals surface area contributed by atoms with Crippen molar-refractivity contribution in [3.05, 3.63) is 41.0 Å². The predicted octanol–water partition coefficient (Wildman–Crippen LogP) is 0.756. The van der Waals surface area contributed by atoms with Crippen LogP contribution in [0.3, 0.4) is 0 Å². The monoisotopic (exact) mass is 324 g/mol. The Morgan fingerprint density at radius 2 is 2.37 bits per heavy atom. The summed E-state index contributed by atoms with van der Waals surface area (Å²) in [4.78, 5) is 20.0. The highest BCUT2D eigenvalue weighted by Crippen LogP contribution is 2.16. The van der Waals surface area contributed by atoms with Gasteiger partial charge in [-0.05, 0) is 22.0 Å². The fourth-order valence-electron chi connectivity index (χ4n) is 1.54. The van der Waals surface area contributed by atoms with Gasteiger partial charge in [0.25, 0.3) is 5.91 Å². The molecule has 0 aliphatic heterocycles. The van der Waals surface area contributed by atoms with E-state index in [1.54, 1.807) is 24.8 Å². The average molecular weight is 325 g/mol. The number of nitrogens with one attached hydrogen (secondary N) is 2. The van der Waals surface area contributed by atoms with E-state index in [0.29, 0.717) is 28.9 Å². The Kier molecular flexibility index (Phi) is 4.48. The molecule has 100 valence electrons. The molecule has 8 heteroatoms. The Balaban J connectivity index is 1.97. The van der Waals surface area contributed by atoms with Gasteiger partial charge in [-0.1, -0.05) is 0 Å². The van der Waals surface area contributed by atoms with E-state index in [-0.39, 0.29) is 5.91 Å². The van der Waals surface area contributed by atoms with Gasteiger partial charge in [0.05, 0.1) is 11.9 Å². The number of hydrazine groups is 1. The molecular weight excluding hydrogens is 312 g/mol. The number of anilines is 1. The maximum Gasteiger partial charge on any atom is 0.255 e. The van der Waals surface area contributed by atoms with Gasteiger partial charge >= 0.3 is 0 Å². The minimum atomic E-state index is -0.234. The third-order valence-corrected chi connectivity index (χ3v) is 2.88. The first-order valence-electron chi connectivity index (χ1n) is 5.57. The number of pyridine rings is 1. The van der Waals surface area contributed by atoms with E-state index in [2.05, 4.69) is 36.6 Å². The number of hydrogen-bond donors (Lipinski definition) is 3. The van der Waals surface area contributed by atoms with Crippen LogP contribution in [0, 0.1) is 0 Å². The van der Waals surface area contributed by atoms with Crippen LogP contribution in [0.2, 0.25) is 0 Å². The van der Waals surface area contributed by atoms with Gasteiger partial charge in [-0.25, -0.2) is 15.8 Å². The van der Waals surface area contributed by atoms with E-state index in [9.17, 15) is 4.79 Å². The highest BCUT2D eigenvalue weighted by atomic mass is 79.9. The Bertz CT molecular complexity index is 556. The second kappa shape index (κ2) is 6.30. The number of rotatable bonds is 5. The highest BCUT2D eigenvalue weighted by molar-refractivity contribution is 9.10. The summed E-state index contributed by atoms with van der Waals surface area (Å²) in [5.41, 5.74) is 2.79. The third-order valence-electron chi connectivity index (χ3n) is 2.45. The molecule has 0 saturated heterocycles. The van der Waals surface area contributed by atoms with Crippen molar-refractivity contribution in [1.82, 2.24) is 19.9 Å². The third kappa shape index (κ3) is 3.52. The lowest BCUT2D eigenvalue weighted by Gasteiger charge is -2.09. The SMILES string of the molecule is NNc1ncc(Br)cc1C(=O)NCCn1ccnc1. The van der Waals surface area contributed by atoms with Crippen molar-refractivity contribution in [3.63, 3.8) is 0 Å². The molecule has 0 bridgehead atoms. The molecule has 0 unspecified atom stereocenters. The quantitative estimate of drug-likeness (QED) is 0.557. The number of carbonyl (C=O) groups is 1. The number of nitrogens with zero attached hydrogens (tertiary/aromatic N) is 3. The number of carbonyl (C=O) groups excluding carboxylic acids is 1. The molecule has 2 aromatic rings. The Morgan fingerprint density at radius 3 is 3.05 bits per heavy atom. The van der Waals surface area contributed by atoms with Crippen LogP contribution in [0.1, 0.15) is 10.4 Å². The van der Waals surface area contributed by atoms with Crippen LogP contribution in [0.5, 0.6) is 0 Å². The lowest BCUT2D eigenvalue weighted by molar-refractivity contribution is 0.0952. The predicted molar refractivity (Wildman–Crippen MR) is 74.3 cm³/mol. The molecule has 2 heterocycles. The lowest BCUT2D eigenvalue weighted by Crippen LogP contribution is -2.28. The van der Waals surface area contributed by atoms with Crippen LogP contribution in [0.4, 0.5) is 5.82 Å². The van der Waals surface area contributed by atoms with Gasteiger partial charge in [0, 0.05) is 36.2 Å². The number of nitrogens with two attached hydrogens (primary N) is 1. The average Bonchev–Trinajstić information content (AvgIpc) is 2.91. The molecule has 0 radical (unpaired) electrons. The molecule has 0 aromatic carbocycles. The Labute approximate surface area is 118 Å². The number of imidazole rings is 1. The maximum absolute atomic E-state index is 12.0. The minimum Gasteiger partial charge on any atom is -0.350 e. The second-order valence-corrected chi connectivity index (χ2v) is 4.67. The summed E-state index contributed by atoms with van der Waals surface area (Å²) in [5, 5.41) is 2.80. The van der Waals surface area contributed by atoms with Crippen molar-refractivity contribution in [2.75, 3.05) is 12.0 Å². The number of nitrogen functional groups attached to an aromatic ring is 1. The van der Waals surface area contributed by atoms with Crippen molar-refractivity contribution < 1.29 is 4.79 Å². The van der Waals surface area contributed by atoms with Gasteiger partial charge in [-0.2, -0.15) is 0 Å². The summed E-state index contributed by atoms with van der Waals surface area (Å²) in [6.07, 6.45) is 6.79. The second-order valence-electron chi connectivity index (χ2n) is 3.75. The summed E-state index contributed by atoms with van der Waals surface area (Å²) < 4.78 is 2.59. The Morgan fingerprint density at radius 1 is 1.53 bits per heavy atom. The lowest BCUT2D eigenvalue weighted by atomic mass is 10.2. The maximum atomic E-state index is 12.0. The summed E-state index contributed by atoms with van der Waals surface area (Å²) in [6, 6.07) is 1.66. The zero-order chi connectivity index (χ0) is 13.7. The van der Waals surface area contributed by atoms with Gasteiger partial charge in [0.1, 0.15) is 0 Å². The smallest absolute Gasteiger partial charge is 0.255 e. The first-order chi connectivity index (χ1) is 9.20.